The molecule has 1 saturated heterocycles. The summed E-state index contributed by atoms with van der Waals surface area (Å²) in [6.45, 7) is 1.24. The quantitative estimate of drug-likeness (QED) is 0.637. The highest BCUT2D eigenvalue weighted by Crippen LogP contribution is 2.36. The lowest BCUT2D eigenvalue weighted by molar-refractivity contribution is 0.0997. The van der Waals surface area contributed by atoms with Crippen molar-refractivity contribution < 1.29 is 28.5 Å². The summed E-state index contributed by atoms with van der Waals surface area (Å²) in [6, 6.07) is 10.3. The minimum Gasteiger partial charge on any atom is -0.496 e. The van der Waals surface area contributed by atoms with Crippen LogP contribution in [0.15, 0.2) is 42.6 Å². The molecule has 0 aliphatic carbocycles. The largest absolute Gasteiger partial charge is 0.496 e. The van der Waals surface area contributed by atoms with Gasteiger partial charge in [-0.25, -0.2) is 0 Å². The summed E-state index contributed by atoms with van der Waals surface area (Å²) in [4.78, 5) is 16.2. The maximum atomic E-state index is 11.8. The summed E-state index contributed by atoms with van der Waals surface area (Å²) in [5.74, 6) is 2.01. The third-order valence-electron chi connectivity index (χ3n) is 4.80. The van der Waals surface area contributed by atoms with Gasteiger partial charge in [0, 0.05) is 42.3 Å². The average molecular weight is 410 g/mol. The molecule has 1 amide bonds. The number of aromatic nitrogens is 1. The van der Waals surface area contributed by atoms with Gasteiger partial charge in [0.05, 0.1) is 38.5 Å². The first-order chi connectivity index (χ1) is 14.6. The minimum absolute atomic E-state index is 0.00250. The lowest BCUT2D eigenvalue weighted by Gasteiger charge is -2.16. The number of ether oxygens (including phenoxy) is 5. The molecule has 0 spiro atoms. The number of nitrogens with zero attached hydrogens (tertiary/aromatic N) is 1. The second-order valence-electron chi connectivity index (χ2n) is 6.79. The van der Waals surface area contributed by atoms with E-state index in [1.165, 1.54) is 7.11 Å². The van der Waals surface area contributed by atoms with Crippen LogP contribution in [0.4, 0.5) is 0 Å². The molecule has 2 N–H and O–H groups in total. The van der Waals surface area contributed by atoms with Gasteiger partial charge in [0.2, 0.25) is 0 Å². The molecule has 1 aromatic heterocycles. The number of primary amides is 1. The van der Waals surface area contributed by atoms with Crippen LogP contribution < -0.4 is 24.7 Å². The fourth-order valence-electron chi connectivity index (χ4n) is 3.31. The summed E-state index contributed by atoms with van der Waals surface area (Å²) >= 11 is 0. The van der Waals surface area contributed by atoms with Gasteiger partial charge in [-0.15, -0.1) is 0 Å². The zero-order valence-electron chi connectivity index (χ0n) is 16.7. The molecule has 2 aromatic carbocycles. The summed E-state index contributed by atoms with van der Waals surface area (Å²) < 4.78 is 28.1. The van der Waals surface area contributed by atoms with E-state index in [4.69, 9.17) is 29.4 Å². The second kappa shape index (κ2) is 8.46. The first-order valence-electron chi connectivity index (χ1n) is 9.45. The number of carbonyl (C=O) groups is 1. The number of benzene rings is 2. The molecule has 8 nitrogen and oxygen atoms in total. The topological polar surface area (TPSA) is 102 Å². The molecule has 0 unspecified atom stereocenters. The molecule has 0 bridgehead atoms. The van der Waals surface area contributed by atoms with E-state index in [-0.39, 0.29) is 11.7 Å². The fraction of sp³-hybridized carbons (Fsp3) is 0.273. The molecule has 0 saturated carbocycles. The number of pyridine rings is 1. The van der Waals surface area contributed by atoms with Crippen molar-refractivity contribution in [3.05, 3.63) is 48.2 Å². The van der Waals surface area contributed by atoms with Gasteiger partial charge in [-0.3, -0.25) is 9.78 Å². The lowest BCUT2D eigenvalue weighted by Crippen LogP contribution is -2.15. The molecule has 8 heteroatoms. The molecule has 3 aromatic rings. The zero-order valence-corrected chi connectivity index (χ0v) is 16.7. The van der Waals surface area contributed by atoms with Gasteiger partial charge in [0.25, 0.3) is 5.91 Å². The normalized spacial score (nSPS) is 15.7. The average Bonchev–Trinajstić information content (AvgIpc) is 3.25. The Morgan fingerprint density at radius 2 is 1.87 bits per heavy atom. The minimum atomic E-state index is -0.598. The molecule has 1 fully saturated rings. The first kappa shape index (κ1) is 19.8. The highest BCUT2D eigenvalue weighted by atomic mass is 16.5. The molecule has 1 aliphatic heterocycles. The second-order valence-corrected chi connectivity index (χ2v) is 6.79. The van der Waals surface area contributed by atoms with Crippen LogP contribution >= 0.6 is 0 Å². The van der Waals surface area contributed by atoms with E-state index in [9.17, 15) is 4.79 Å². The Bertz CT molecular complexity index is 1080. The molecule has 1 aliphatic rings. The molecule has 30 heavy (non-hydrogen) atoms. The van der Waals surface area contributed by atoms with E-state index in [0.29, 0.717) is 52.9 Å². The smallest absolute Gasteiger partial charge is 0.252 e. The van der Waals surface area contributed by atoms with E-state index in [0.717, 1.165) is 6.42 Å². The number of amides is 1. The van der Waals surface area contributed by atoms with Crippen LogP contribution in [0.2, 0.25) is 0 Å². The Hall–Kier alpha value is -3.52. The number of methoxy groups -OCH3 is 2. The fourth-order valence-corrected chi connectivity index (χ4v) is 3.31. The van der Waals surface area contributed by atoms with Crippen LogP contribution in [0.25, 0.3) is 10.9 Å². The third kappa shape index (κ3) is 4.08. The van der Waals surface area contributed by atoms with Gasteiger partial charge < -0.3 is 29.4 Å². The first-order valence-corrected chi connectivity index (χ1v) is 9.45. The van der Waals surface area contributed by atoms with Crippen molar-refractivity contribution in [2.75, 3.05) is 27.4 Å². The molecule has 0 radical (unpaired) electrons. The van der Waals surface area contributed by atoms with E-state index < -0.39 is 5.91 Å². The Morgan fingerprint density at radius 3 is 2.57 bits per heavy atom. The predicted molar refractivity (Wildman–Crippen MR) is 110 cm³/mol. The zero-order chi connectivity index (χ0) is 21.1. The third-order valence-corrected chi connectivity index (χ3v) is 4.80. The van der Waals surface area contributed by atoms with Crippen LogP contribution in [-0.2, 0) is 4.74 Å². The number of fused-ring (bicyclic) bond motifs is 1. The monoisotopic (exact) mass is 410 g/mol. The predicted octanol–water partition coefficient (Wildman–Crippen LogP) is 3.31. The highest BCUT2D eigenvalue weighted by Gasteiger charge is 2.19. The SMILES string of the molecule is COc1cc(Oc2ccnc3cc(OC)c(C(N)=O)cc23)cc(O[C@@H]2CCOC2)c1. The Kier molecular flexibility index (Phi) is 5.58. The van der Waals surface area contributed by atoms with Crippen molar-refractivity contribution >= 4 is 16.8 Å². The molecular formula is C22H22N2O6. The molecule has 1 atom stereocenters. The van der Waals surface area contributed by atoms with E-state index in [1.54, 1.807) is 49.7 Å². The van der Waals surface area contributed by atoms with Gasteiger partial charge in [-0.2, -0.15) is 0 Å². The summed E-state index contributed by atoms with van der Waals surface area (Å²) in [7, 11) is 3.05. The number of carbonyl (C=O) groups excluding carboxylic acids is 1. The van der Waals surface area contributed by atoms with Crippen LogP contribution in [-0.4, -0.2) is 44.4 Å². The molecule has 4 rings (SSSR count). The van der Waals surface area contributed by atoms with Crippen molar-refractivity contribution in [2.45, 2.75) is 12.5 Å². The summed E-state index contributed by atoms with van der Waals surface area (Å²) in [6.07, 6.45) is 2.45. The highest BCUT2D eigenvalue weighted by molar-refractivity contribution is 6.01. The Labute approximate surface area is 173 Å². The lowest BCUT2D eigenvalue weighted by atomic mass is 10.1. The van der Waals surface area contributed by atoms with E-state index >= 15 is 0 Å². The molecule has 156 valence electrons. The van der Waals surface area contributed by atoms with E-state index in [1.807, 2.05) is 0 Å². The van der Waals surface area contributed by atoms with Crippen molar-refractivity contribution in [1.82, 2.24) is 4.98 Å². The van der Waals surface area contributed by atoms with Crippen molar-refractivity contribution in [3.8, 4) is 28.7 Å². The van der Waals surface area contributed by atoms with Crippen LogP contribution in [0, 0.1) is 0 Å². The molecular weight excluding hydrogens is 388 g/mol. The Morgan fingerprint density at radius 1 is 1.07 bits per heavy atom. The Balaban J connectivity index is 1.71. The van der Waals surface area contributed by atoms with Crippen molar-refractivity contribution in [1.29, 1.82) is 0 Å². The van der Waals surface area contributed by atoms with Gasteiger partial charge in [0.1, 0.15) is 34.9 Å². The number of hydrogen-bond donors (Lipinski definition) is 1. The van der Waals surface area contributed by atoms with Gasteiger partial charge >= 0.3 is 0 Å². The standard InChI is InChI=1S/C22H22N2O6/c1-26-14-7-15(29-13-4-6-28-12-13)9-16(8-14)30-20-3-5-24-19-11-21(27-2)18(22(23)25)10-17(19)20/h3,5,7-11,13H,4,6,12H2,1-2H3,(H2,23,25)/t13-/m1/s1. The van der Waals surface area contributed by atoms with Crippen LogP contribution in [0.5, 0.6) is 28.7 Å². The van der Waals surface area contributed by atoms with Crippen molar-refractivity contribution in [2.24, 2.45) is 5.73 Å². The van der Waals surface area contributed by atoms with Gasteiger partial charge in [-0.05, 0) is 12.1 Å². The summed E-state index contributed by atoms with van der Waals surface area (Å²) in [5.41, 5.74) is 6.35. The van der Waals surface area contributed by atoms with Gasteiger partial charge in [0.15, 0.2) is 0 Å². The maximum absolute atomic E-state index is 11.8. The number of nitrogens with two attached hydrogens (primary N) is 1. The van der Waals surface area contributed by atoms with Crippen LogP contribution in [0.1, 0.15) is 16.8 Å². The van der Waals surface area contributed by atoms with E-state index in [2.05, 4.69) is 4.98 Å². The van der Waals surface area contributed by atoms with Crippen molar-refractivity contribution in [3.63, 3.8) is 0 Å². The number of rotatable bonds is 7. The summed E-state index contributed by atoms with van der Waals surface area (Å²) in [5, 5.41) is 0.626. The molecule has 2 heterocycles. The number of hydrogen-bond acceptors (Lipinski definition) is 7. The maximum Gasteiger partial charge on any atom is 0.252 e. The van der Waals surface area contributed by atoms with Crippen LogP contribution in [0.3, 0.4) is 0 Å². The van der Waals surface area contributed by atoms with Gasteiger partial charge in [-0.1, -0.05) is 0 Å².